The maximum Gasteiger partial charge on any atom is 0.234 e. The molecule has 0 spiro atoms. The number of aromatic nitrogens is 3. The topological polar surface area (TPSA) is 97.2 Å². The molecule has 5 rings (SSSR count). The number of pyridine rings is 1. The molecule has 7 nitrogen and oxygen atoms in total. The minimum absolute atomic E-state index is 0.0120. The maximum atomic E-state index is 14.0. The van der Waals surface area contributed by atoms with E-state index in [1.807, 2.05) is 13.0 Å². The number of ether oxygens (including phenoxy) is 1. The Labute approximate surface area is 215 Å². The Kier molecular flexibility index (Phi) is 6.86. The molecule has 1 aliphatic rings. The zero-order valence-corrected chi connectivity index (χ0v) is 20.7. The quantitative estimate of drug-likeness (QED) is 0.222. The Morgan fingerprint density at radius 2 is 2.03 bits per heavy atom. The van der Waals surface area contributed by atoms with E-state index < -0.39 is 5.82 Å². The lowest BCUT2D eigenvalue weighted by molar-refractivity contribution is -0.113. The van der Waals surface area contributed by atoms with Crippen LogP contribution in [0, 0.1) is 12.7 Å². The fourth-order valence-electron chi connectivity index (χ4n) is 3.85. The first kappa shape index (κ1) is 24.2. The van der Waals surface area contributed by atoms with Gasteiger partial charge in [-0.1, -0.05) is 47.6 Å². The molecule has 4 aromatic rings. The fraction of sp³-hybridized carbons (Fsp3) is 0.154. The van der Waals surface area contributed by atoms with Crippen LogP contribution in [0.5, 0.6) is 11.6 Å². The highest BCUT2D eigenvalue weighted by Crippen LogP contribution is 2.42. The summed E-state index contributed by atoms with van der Waals surface area (Å²) in [5, 5.41) is 13.5. The molecule has 2 N–H and O–H groups in total. The van der Waals surface area contributed by atoms with Gasteiger partial charge in [0.2, 0.25) is 11.8 Å². The van der Waals surface area contributed by atoms with Crippen molar-refractivity contribution in [1.82, 2.24) is 15.0 Å². The first-order valence-corrected chi connectivity index (χ1v) is 12.4. The zero-order chi connectivity index (χ0) is 25.2. The number of aliphatic hydroxyl groups is 1. The summed E-state index contributed by atoms with van der Waals surface area (Å²) in [6, 6.07) is 13.1. The number of anilines is 1. The van der Waals surface area contributed by atoms with Crippen molar-refractivity contribution in [1.29, 1.82) is 0 Å². The molecule has 2 aromatic heterocycles. The molecule has 1 amide bonds. The summed E-state index contributed by atoms with van der Waals surface area (Å²) in [5.41, 5.74) is 3.62. The third-order valence-corrected chi connectivity index (χ3v) is 6.88. The highest BCUT2D eigenvalue weighted by atomic mass is 35.5. The van der Waals surface area contributed by atoms with Gasteiger partial charge in [0.1, 0.15) is 10.8 Å². The van der Waals surface area contributed by atoms with Gasteiger partial charge in [0, 0.05) is 34.3 Å². The third-order valence-electron chi connectivity index (χ3n) is 5.63. The molecule has 2 aromatic carbocycles. The minimum Gasteiger partial charge on any atom is -0.436 e. The number of fused-ring (bicyclic) bond motifs is 2. The van der Waals surface area contributed by atoms with Crippen molar-refractivity contribution in [3.63, 3.8) is 0 Å². The molecule has 0 aliphatic carbocycles. The highest BCUT2D eigenvalue weighted by Gasteiger charge is 2.28. The molecule has 1 aliphatic heterocycles. The van der Waals surface area contributed by atoms with Gasteiger partial charge in [-0.2, -0.15) is 4.98 Å². The number of carbonyl (C=O) groups excluding carboxylic acids is 1. The highest BCUT2D eigenvalue weighted by molar-refractivity contribution is 8.00. The van der Waals surface area contributed by atoms with Crippen molar-refractivity contribution < 1.29 is 19.0 Å². The van der Waals surface area contributed by atoms with E-state index in [9.17, 15) is 14.3 Å². The van der Waals surface area contributed by atoms with E-state index in [2.05, 4.69) is 15.3 Å². The number of nitrogens with one attached hydrogen (secondary N) is 1. The lowest BCUT2D eigenvalue weighted by Gasteiger charge is -2.24. The Bertz CT molecular complexity index is 1480. The van der Waals surface area contributed by atoms with Crippen LogP contribution in [0.3, 0.4) is 0 Å². The molecule has 0 radical (unpaired) electrons. The van der Waals surface area contributed by atoms with Crippen LogP contribution >= 0.6 is 23.4 Å². The summed E-state index contributed by atoms with van der Waals surface area (Å²) >= 11 is 7.38. The molecule has 0 saturated heterocycles. The SMILES string of the molecule is Cc1ncc(CO)c2c1Oc1nc(-c3cccc(Cl)c3)nc(SCC(=O)Nc3ccccc3F)c1C2. The zero-order valence-electron chi connectivity index (χ0n) is 19.1. The second-order valence-electron chi connectivity index (χ2n) is 8.08. The number of benzene rings is 2. The van der Waals surface area contributed by atoms with Gasteiger partial charge in [-0.05, 0) is 31.2 Å². The van der Waals surface area contributed by atoms with E-state index in [4.69, 9.17) is 21.3 Å². The summed E-state index contributed by atoms with van der Waals surface area (Å²) in [4.78, 5) is 26.3. The molecule has 0 saturated carbocycles. The summed E-state index contributed by atoms with van der Waals surface area (Å²) in [7, 11) is 0. The fourth-order valence-corrected chi connectivity index (χ4v) is 4.87. The Balaban J connectivity index is 1.50. The van der Waals surface area contributed by atoms with Crippen LogP contribution in [-0.2, 0) is 17.8 Å². The lowest BCUT2D eigenvalue weighted by Crippen LogP contribution is -2.16. The number of carbonyl (C=O) groups is 1. The Hall–Kier alpha value is -3.53. The minimum atomic E-state index is -0.510. The second-order valence-corrected chi connectivity index (χ2v) is 9.48. The van der Waals surface area contributed by atoms with Gasteiger partial charge >= 0.3 is 0 Å². The monoisotopic (exact) mass is 522 g/mol. The van der Waals surface area contributed by atoms with Crippen molar-refractivity contribution >= 4 is 35.0 Å². The van der Waals surface area contributed by atoms with Crippen LogP contribution in [0.15, 0.2) is 59.8 Å². The Morgan fingerprint density at radius 3 is 2.81 bits per heavy atom. The van der Waals surface area contributed by atoms with Gasteiger partial charge in [0.25, 0.3) is 0 Å². The van der Waals surface area contributed by atoms with Crippen molar-refractivity contribution in [2.45, 2.75) is 25.0 Å². The van der Waals surface area contributed by atoms with Gasteiger partial charge in [0.15, 0.2) is 11.6 Å². The smallest absolute Gasteiger partial charge is 0.234 e. The number of hydrogen-bond acceptors (Lipinski definition) is 7. The van der Waals surface area contributed by atoms with E-state index in [0.717, 1.165) is 5.56 Å². The number of nitrogens with zero attached hydrogens (tertiary/aromatic N) is 3. The first-order chi connectivity index (χ1) is 17.4. The standard InChI is InChI=1S/C26H20ClFN4O3S/c1-14-23-18(16(12-33)11-29-14)10-19-25(35-23)31-24(15-5-4-6-17(27)9-15)32-26(19)36-13-22(34)30-21-8-3-2-7-20(21)28/h2-9,11,33H,10,12-13H2,1H3,(H,30,34). The molecule has 10 heteroatoms. The number of aliphatic hydroxyl groups excluding tert-OH is 1. The lowest BCUT2D eigenvalue weighted by atomic mass is 9.99. The second kappa shape index (κ2) is 10.2. The molecule has 0 fully saturated rings. The predicted octanol–water partition coefficient (Wildman–Crippen LogP) is 5.56. The van der Waals surface area contributed by atoms with Crippen molar-refractivity contribution in [2.75, 3.05) is 11.1 Å². The van der Waals surface area contributed by atoms with Crippen LogP contribution in [0.4, 0.5) is 10.1 Å². The van der Waals surface area contributed by atoms with E-state index in [1.54, 1.807) is 36.5 Å². The number of aryl methyl sites for hydroxylation is 1. The Morgan fingerprint density at radius 1 is 1.19 bits per heavy atom. The van der Waals surface area contributed by atoms with Crippen LogP contribution in [-0.4, -0.2) is 31.7 Å². The predicted molar refractivity (Wildman–Crippen MR) is 136 cm³/mol. The summed E-state index contributed by atoms with van der Waals surface area (Å²) in [6.07, 6.45) is 2.02. The summed E-state index contributed by atoms with van der Waals surface area (Å²) < 4.78 is 20.1. The molecule has 3 heterocycles. The summed E-state index contributed by atoms with van der Waals surface area (Å²) in [5.74, 6) is 0.393. The molecule has 0 bridgehead atoms. The normalized spacial score (nSPS) is 11.9. The maximum absolute atomic E-state index is 14.0. The van der Waals surface area contributed by atoms with Gasteiger partial charge in [-0.15, -0.1) is 0 Å². The molecule has 36 heavy (non-hydrogen) atoms. The molecule has 0 atom stereocenters. The average Bonchev–Trinajstić information content (AvgIpc) is 2.88. The van der Waals surface area contributed by atoms with E-state index >= 15 is 0 Å². The molecular formula is C26H20ClFN4O3S. The van der Waals surface area contributed by atoms with Crippen LogP contribution in [0.1, 0.15) is 22.4 Å². The van der Waals surface area contributed by atoms with E-state index in [-0.39, 0.29) is 24.0 Å². The van der Waals surface area contributed by atoms with Gasteiger partial charge < -0.3 is 15.2 Å². The number of thioether (sulfide) groups is 1. The largest absolute Gasteiger partial charge is 0.436 e. The van der Waals surface area contributed by atoms with Crippen LogP contribution in [0.2, 0.25) is 5.02 Å². The molecular weight excluding hydrogens is 503 g/mol. The van der Waals surface area contributed by atoms with Crippen LogP contribution in [0.25, 0.3) is 11.4 Å². The summed E-state index contributed by atoms with van der Waals surface area (Å²) in [6.45, 7) is 1.63. The van der Waals surface area contributed by atoms with Crippen molar-refractivity contribution in [3.05, 3.63) is 88.0 Å². The van der Waals surface area contributed by atoms with E-state index in [0.29, 0.717) is 56.3 Å². The first-order valence-electron chi connectivity index (χ1n) is 11.0. The number of hydrogen-bond donors (Lipinski definition) is 2. The number of halogens is 2. The van der Waals surface area contributed by atoms with Gasteiger partial charge in [-0.3, -0.25) is 9.78 Å². The van der Waals surface area contributed by atoms with Crippen molar-refractivity contribution in [2.24, 2.45) is 0 Å². The van der Waals surface area contributed by atoms with Crippen molar-refractivity contribution in [3.8, 4) is 23.0 Å². The molecule has 182 valence electrons. The van der Waals surface area contributed by atoms with Gasteiger partial charge in [0.05, 0.1) is 29.3 Å². The third kappa shape index (κ3) is 4.90. The average molecular weight is 523 g/mol. The van der Waals surface area contributed by atoms with Crippen LogP contribution < -0.4 is 10.1 Å². The number of amides is 1. The van der Waals surface area contributed by atoms with Gasteiger partial charge in [-0.25, -0.2) is 9.37 Å². The number of rotatable bonds is 6. The number of para-hydroxylation sites is 1. The molecule has 0 unspecified atom stereocenters. The van der Waals surface area contributed by atoms with E-state index in [1.165, 1.54) is 23.9 Å².